The third-order valence-electron chi connectivity index (χ3n) is 2.57. The van der Waals surface area contributed by atoms with E-state index in [2.05, 4.69) is 48.6 Å². The van der Waals surface area contributed by atoms with E-state index in [4.69, 9.17) is 0 Å². The van der Waals surface area contributed by atoms with Crippen LogP contribution in [0.1, 0.15) is 25.1 Å². The maximum Gasteiger partial charge on any atom is 0.0325 e. The van der Waals surface area contributed by atoms with Gasteiger partial charge in [0.25, 0.3) is 0 Å². The van der Waals surface area contributed by atoms with Crippen molar-refractivity contribution in [1.82, 2.24) is 10.2 Å². The molecule has 3 heteroatoms. The molecule has 1 aromatic heterocycles. The average molecular weight is 240 g/mol. The molecule has 1 rings (SSSR count). The van der Waals surface area contributed by atoms with Gasteiger partial charge in [0, 0.05) is 24.5 Å². The minimum absolute atomic E-state index is 0.802. The predicted octanol–water partition coefficient (Wildman–Crippen LogP) is 2.82. The van der Waals surface area contributed by atoms with Gasteiger partial charge in [-0.25, -0.2) is 0 Å². The van der Waals surface area contributed by atoms with Gasteiger partial charge in [0.2, 0.25) is 0 Å². The Morgan fingerprint density at radius 1 is 1.38 bits per heavy atom. The molecule has 0 radical (unpaired) electrons. The number of likely N-dealkylation sites (N-methyl/N-ethyl adjacent to an activating group) is 1. The van der Waals surface area contributed by atoms with Crippen LogP contribution in [0.5, 0.6) is 0 Å². The zero-order valence-electron chi connectivity index (χ0n) is 10.7. The molecule has 0 amide bonds. The van der Waals surface area contributed by atoms with Crippen LogP contribution < -0.4 is 5.32 Å². The summed E-state index contributed by atoms with van der Waals surface area (Å²) in [4.78, 5) is 3.82. The van der Waals surface area contributed by atoms with Gasteiger partial charge in [-0.05, 0) is 37.4 Å². The SMILES string of the molecule is CC(C)CCNCCN(C)Cc1cccs1. The monoisotopic (exact) mass is 240 g/mol. The van der Waals surface area contributed by atoms with E-state index in [9.17, 15) is 0 Å². The van der Waals surface area contributed by atoms with Gasteiger partial charge in [0.15, 0.2) is 0 Å². The van der Waals surface area contributed by atoms with Crippen LogP contribution in [0.15, 0.2) is 17.5 Å². The van der Waals surface area contributed by atoms with Gasteiger partial charge in [-0.3, -0.25) is 0 Å². The molecule has 1 N–H and O–H groups in total. The fourth-order valence-electron chi connectivity index (χ4n) is 1.53. The molecule has 0 atom stereocenters. The van der Waals surface area contributed by atoms with E-state index in [1.165, 1.54) is 11.3 Å². The highest BCUT2D eigenvalue weighted by atomic mass is 32.1. The fraction of sp³-hybridized carbons (Fsp3) is 0.692. The number of thiophene rings is 1. The van der Waals surface area contributed by atoms with Crippen LogP contribution in [0, 0.1) is 5.92 Å². The summed E-state index contributed by atoms with van der Waals surface area (Å²) in [6.07, 6.45) is 1.27. The minimum atomic E-state index is 0.802. The largest absolute Gasteiger partial charge is 0.315 e. The normalized spacial score (nSPS) is 11.6. The molecular weight excluding hydrogens is 216 g/mol. The molecule has 0 aromatic carbocycles. The molecule has 0 unspecified atom stereocenters. The Balaban J connectivity index is 2.00. The summed E-state index contributed by atoms with van der Waals surface area (Å²) in [6, 6.07) is 4.32. The molecule has 1 heterocycles. The van der Waals surface area contributed by atoms with Gasteiger partial charge in [0.05, 0.1) is 0 Å². The molecule has 0 aliphatic heterocycles. The molecule has 0 aliphatic rings. The van der Waals surface area contributed by atoms with E-state index in [0.717, 1.165) is 32.1 Å². The highest BCUT2D eigenvalue weighted by Gasteiger charge is 2.00. The lowest BCUT2D eigenvalue weighted by molar-refractivity contribution is 0.325. The first-order valence-electron chi connectivity index (χ1n) is 6.10. The molecule has 0 aliphatic carbocycles. The van der Waals surface area contributed by atoms with Crippen LogP contribution in [0.4, 0.5) is 0 Å². The summed E-state index contributed by atoms with van der Waals surface area (Å²) in [5.41, 5.74) is 0. The van der Waals surface area contributed by atoms with E-state index in [1.807, 2.05) is 11.3 Å². The molecule has 0 fully saturated rings. The molecule has 2 nitrogen and oxygen atoms in total. The second-order valence-corrected chi connectivity index (χ2v) is 5.78. The van der Waals surface area contributed by atoms with Gasteiger partial charge in [-0.15, -0.1) is 11.3 Å². The van der Waals surface area contributed by atoms with Crippen LogP contribution in [-0.4, -0.2) is 31.6 Å². The van der Waals surface area contributed by atoms with Crippen LogP contribution >= 0.6 is 11.3 Å². The summed E-state index contributed by atoms with van der Waals surface area (Å²) in [7, 11) is 2.18. The van der Waals surface area contributed by atoms with E-state index < -0.39 is 0 Å². The quantitative estimate of drug-likeness (QED) is 0.703. The number of nitrogens with zero attached hydrogens (tertiary/aromatic N) is 1. The summed E-state index contributed by atoms with van der Waals surface area (Å²) in [5, 5.41) is 5.63. The lowest BCUT2D eigenvalue weighted by atomic mass is 10.1. The molecule has 0 saturated heterocycles. The van der Waals surface area contributed by atoms with Gasteiger partial charge in [-0.2, -0.15) is 0 Å². The van der Waals surface area contributed by atoms with Crippen molar-refractivity contribution in [1.29, 1.82) is 0 Å². The molecular formula is C13H24N2S. The van der Waals surface area contributed by atoms with E-state index in [1.54, 1.807) is 0 Å². The smallest absolute Gasteiger partial charge is 0.0325 e. The Labute approximate surface area is 104 Å². The van der Waals surface area contributed by atoms with Crippen molar-refractivity contribution in [3.63, 3.8) is 0 Å². The highest BCUT2D eigenvalue weighted by molar-refractivity contribution is 7.09. The number of rotatable bonds is 8. The maximum absolute atomic E-state index is 3.49. The van der Waals surface area contributed by atoms with Gasteiger partial charge in [0.1, 0.15) is 0 Å². The van der Waals surface area contributed by atoms with Crippen molar-refractivity contribution < 1.29 is 0 Å². The molecule has 1 aromatic rings. The molecule has 0 spiro atoms. The first-order chi connectivity index (χ1) is 7.68. The van der Waals surface area contributed by atoms with E-state index >= 15 is 0 Å². The first kappa shape index (κ1) is 13.7. The molecule has 0 bridgehead atoms. The van der Waals surface area contributed by atoms with Crippen molar-refractivity contribution in [2.24, 2.45) is 5.92 Å². The van der Waals surface area contributed by atoms with Crippen LogP contribution in [0.2, 0.25) is 0 Å². The van der Waals surface area contributed by atoms with Crippen molar-refractivity contribution in [3.05, 3.63) is 22.4 Å². The van der Waals surface area contributed by atoms with Gasteiger partial charge >= 0.3 is 0 Å². The van der Waals surface area contributed by atoms with Gasteiger partial charge < -0.3 is 10.2 Å². The van der Waals surface area contributed by atoms with E-state index in [0.29, 0.717) is 0 Å². The third-order valence-corrected chi connectivity index (χ3v) is 3.44. The van der Waals surface area contributed by atoms with Crippen molar-refractivity contribution >= 4 is 11.3 Å². The topological polar surface area (TPSA) is 15.3 Å². The number of hydrogen-bond acceptors (Lipinski definition) is 3. The summed E-state index contributed by atoms with van der Waals surface area (Å²) < 4.78 is 0. The maximum atomic E-state index is 3.49. The zero-order valence-corrected chi connectivity index (χ0v) is 11.5. The first-order valence-corrected chi connectivity index (χ1v) is 6.98. The van der Waals surface area contributed by atoms with E-state index in [-0.39, 0.29) is 0 Å². The number of nitrogens with one attached hydrogen (secondary N) is 1. The summed E-state index contributed by atoms with van der Waals surface area (Å²) >= 11 is 1.84. The Kier molecular flexibility index (Phi) is 6.69. The van der Waals surface area contributed by atoms with Crippen molar-refractivity contribution in [2.45, 2.75) is 26.8 Å². The lowest BCUT2D eigenvalue weighted by Gasteiger charge is -2.16. The molecule has 0 saturated carbocycles. The van der Waals surface area contributed by atoms with Crippen LogP contribution in [0.25, 0.3) is 0 Å². The third kappa shape index (κ3) is 6.26. The van der Waals surface area contributed by atoms with Crippen molar-refractivity contribution in [2.75, 3.05) is 26.7 Å². The minimum Gasteiger partial charge on any atom is -0.315 e. The van der Waals surface area contributed by atoms with Crippen LogP contribution in [0.3, 0.4) is 0 Å². The molecule has 16 heavy (non-hydrogen) atoms. The molecule has 92 valence electrons. The lowest BCUT2D eigenvalue weighted by Crippen LogP contribution is -2.29. The Hall–Kier alpha value is -0.380. The van der Waals surface area contributed by atoms with Crippen molar-refractivity contribution in [3.8, 4) is 0 Å². The standard InChI is InChI=1S/C13H24N2S/c1-12(2)6-7-14-8-9-15(3)11-13-5-4-10-16-13/h4-5,10,12,14H,6-9,11H2,1-3H3. The summed E-state index contributed by atoms with van der Waals surface area (Å²) in [6.45, 7) is 8.97. The second kappa shape index (κ2) is 7.82. The Morgan fingerprint density at radius 3 is 2.81 bits per heavy atom. The number of hydrogen-bond donors (Lipinski definition) is 1. The Morgan fingerprint density at radius 2 is 2.19 bits per heavy atom. The highest BCUT2D eigenvalue weighted by Crippen LogP contribution is 2.10. The zero-order chi connectivity index (χ0) is 11.8. The Bertz CT molecular complexity index is 257. The van der Waals surface area contributed by atoms with Crippen LogP contribution in [-0.2, 0) is 6.54 Å². The van der Waals surface area contributed by atoms with Gasteiger partial charge in [-0.1, -0.05) is 19.9 Å². The predicted molar refractivity (Wildman–Crippen MR) is 73.0 cm³/mol. The summed E-state index contributed by atoms with van der Waals surface area (Å²) in [5.74, 6) is 0.802. The second-order valence-electron chi connectivity index (χ2n) is 4.75. The fourth-order valence-corrected chi connectivity index (χ4v) is 2.32. The average Bonchev–Trinajstić information content (AvgIpc) is 2.69.